The van der Waals surface area contributed by atoms with Crippen LogP contribution < -0.4 is 15.8 Å². The number of para-hydroxylation sites is 1. The van der Waals surface area contributed by atoms with Crippen LogP contribution in [-0.4, -0.2) is 30.1 Å². The van der Waals surface area contributed by atoms with Crippen LogP contribution in [0.4, 0.5) is 5.69 Å². The van der Waals surface area contributed by atoms with Gasteiger partial charge in [-0.3, -0.25) is 9.59 Å². The highest BCUT2D eigenvalue weighted by Crippen LogP contribution is 2.13. The monoisotopic (exact) mass is 299 g/mol. The summed E-state index contributed by atoms with van der Waals surface area (Å²) in [7, 11) is 3.64. The van der Waals surface area contributed by atoms with Gasteiger partial charge in [-0.25, -0.2) is 0 Å². The van der Waals surface area contributed by atoms with E-state index in [0.29, 0.717) is 12.1 Å². The molecule has 0 bridgehead atoms. The van der Waals surface area contributed by atoms with E-state index in [1.807, 2.05) is 44.3 Å². The summed E-state index contributed by atoms with van der Waals surface area (Å²) in [6.45, 7) is 2.54. The van der Waals surface area contributed by atoms with Gasteiger partial charge in [0.05, 0.1) is 0 Å². The minimum atomic E-state index is -0.231. The summed E-state index contributed by atoms with van der Waals surface area (Å²) in [5.74, 6) is -0.231. The summed E-state index contributed by atoms with van der Waals surface area (Å²) in [4.78, 5) is 25.7. The van der Waals surface area contributed by atoms with E-state index < -0.39 is 0 Å². The van der Waals surface area contributed by atoms with Crippen molar-refractivity contribution in [2.45, 2.75) is 13.0 Å². The SMILES string of the molecule is C[C@@H](CNC(=O)c1ccn(C)c(=O)c1)N(C)c1ccccc1. The molecule has 1 amide bonds. The van der Waals surface area contributed by atoms with Gasteiger partial charge < -0.3 is 14.8 Å². The van der Waals surface area contributed by atoms with Crippen molar-refractivity contribution >= 4 is 11.6 Å². The highest BCUT2D eigenvalue weighted by Gasteiger charge is 2.12. The third kappa shape index (κ3) is 3.75. The van der Waals surface area contributed by atoms with Gasteiger partial charge in [0.1, 0.15) is 0 Å². The number of aryl methyl sites for hydroxylation is 1. The molecule has 1 aromatic carbocycles. The van der Waals surface area contributed by atoms with Crippen molar-refractivity contribution in [3.63, 3.8) is 0 Å². The Bertz CT molecular complexity index is 695. The minimum Gasteiger partial charge on any atom is -0.370 e. The smallest absolute Gasteiger partial charge is 0.251 e. The molecule has 0 saturated heterocycles. The van der Waals surface area contributed by atoms with Gasteiger partial charge in [0.25, 0.3) is 11.5 Å². The Morgan fingerprint density at radius 2 is 1.95 bits per heavy atom. The predicted octanol–water partition coefficient (Wildman–Crippen LogP) is 1.64. The van der Waals surface area contributed by atoms with E-state index >= 15 is 0 Å². The van der Waals surface area contributed by atoms with Crippen LogP contribution in [0.2, 0.25) is 0 Å². The Labute approximate surface area is 130 Å². The Morgan fingerprint density at radius 3 is 2.59 bits per heavy atom. The number of amides is 1. The molecule has 116 valence electrons. The Morgan fingerprint density at radius 1 is 1.27 bits per heavy atom. The van der Waals surface area contributed by atoms with Crippen molar-refractivity contribution in [1.29, 1.82) is 0 Å². The second-order valence-corrected chi connectivity index (χ2v) is 5.37. The van der Waals surface area contributed by atoms with Crippen LogP contribution in [0.15, 0.2) is 53.5 Å². The average molecular weight is 299 g/mol. The highest BCUT2D eigenvalue weighted by molar-refractivity contribution is 5.94. The zero-order valence-corrected chi connectivity index (χ0v) is 13.1. The minimum absolute atomic E-state index is 0.137. The number of carbonyl (C=O) groups excluding carboxylic acids is 1. The maximum absolute atomic E-state index is 12.1. The van der Waals surface area contributed by atoms with Crippen LogP contribution >= 0.6 is 0 Å². The van der Waals surface area contributed by atoms with Crippen LogP contribution in [-0.2, 0) is 7.05 Å². The molecule has 1 N–H and O–H groups in total. The molecule has 5 heteroatoms. The lowest BCUT2D eigenvalue weighted by Crippen LogP contribution is -2.40. The Kier molecular flexibility index (Phi) is 4.99. The lowest BCUT2D eigenvalue weighted by atomic mass is 10.2. The largest absolute Gasteiger partial charge is 0.370 e. The summed E-state index contributed by atoms with van der Waals surface area (Å²) in [5, 5.41) is 2.87. The van der Waals surface area contributed by atoms with E-state index in [1.54, 1.807) is 19.3 Å². The molecule has 0 spiro atoms. The molecule has 1 heterocycles. The van der Waals surface area contributed by atoms with Gasteiger partial charge in [0.15, 0.2) is 0 Å². The van der Waals surface area contributed by atoms with Crippen molar-refractivity contribution in [3.05, 3.63) is 64.6 Å². The highest BCUT2D eigenvalue weighted by atomic mass is 16.2. The lowest BCUT2D eigenvalue weighted by Gasteiger charge is -2.27. The van der Waals surface area contributed by atoms with Gasteiger partial charge in [-0.05, 0) is 25.1 Å². The molecule has 5 nitrogen and oxygen atoms in total. The molecule has 1 atom stereocenters. The fourth-order valence-electron chi connectivity index (χ4n) is 2.09. The summed E-state index contributed by atoms with van der Waals surface area (Å²) in [6.07, 6.45) is 1.59. The summed E-state index contributed by atoms with van der Waals surface area (Å²) >= 11 is 0. The number of aromatic nitrogens is 1. The van der Waals surface area contributed by atoms with E-state index in [0.717, 1.165) is 5.69 Å². The van der Waals surface area contributed by atoms with E-state index in [9.17, 15) is 9.59 Å². The van der Waals surface area contributed by atoms with Crippen molar-refractivity contribution in [2.75, 3.05) is 18.5 Å². The van der Waals surface area contributed by atoms with Gasteiger partial charge >= 0.3 is 0 Å². The van der Waals surface area contributed by atoms with Crippen LogP contribution in [0, 0.1) is 0 Å². The number of benzene rings is 1. The molecule has 0 unspecified atom stereocenters. The lowest BCUT2D eigenvalue weighted by molar-refractivity contribution is 0.0951. The maximum atomic E-state index is 12.1. The van der Waals surface area contributed by atoms with Crippen molar-refractivity contribution < 1.29 is 4.79 Å². The van der Waals surface area contributed by atoms with Crippen LogP contribution in [0.5, 0.6) is 0 Å². The van der Waals surface area contributed by atoms with Gasteiger partial charge in [-0.15, -0.1) is 0 Å². The first-order valence-electron chi connectivity index (χ1n) is 7.22. The number of hydrogen-bond acceptors (Lipinski definition) is 3. The number of rotatable bonds is 5. The molecule has 0 aliphatic heterocycles. The molecule has 0 fully saturated rings. The van der Waals surface area contributed by atoms with Gasteiger partial charge in [-0.1, -0.05) is 18.2 Å². The standard InChI is InChI=1S/C17H21N3O2/c1-13(20(3)15-7-5-4-6-8-15)12-18-17(22)14-9-10-19(2)16(21)11-14/h4-11,13H,12H2,1-3H3,(H,18,22)/t13-/m0/s1. The Balaban J connectivity index is 1.95. The Hall–Kier alpha value is -2.56. The average Bonchev–Trinajstić information content (AvgIpc) is 2.54. The summed E-state index contributed by atoms with van der Waals surface area (Å²) < 4.78 is 1.43. The van der Waals surface area contributed by atoms with Gasteiger partial charge in [0.2, 0.25) is 0 Å². The molecule has 0 aliphatic carbocycles. The van der Waals surface area contributed by atoms with Crippen LogP contribution in [0.25, 0.3) is 0 Å². The van der Waals surface area contributed by atoms with Gasteiger partial charge in [-0.2, -0.15) is 0 Å². The molecule has 2 aromatic rings. The first-order valence-corrected chi connectivity index (χ1v) is 7.22. The number of likely N-dealkylation sites (N-methyl/N-ethyl adjacent to an activating group) is 1. The van der Waals surface area contributed by atoms with Crippen LogP contribution in [0.1, 0.15) is 17.3 Å². The third-order valence-electron chi connectivity index (χ3n) is 3.75. The van der Waals surface area contributed by atoms with E-state index in [2.05, 4.69) is 10.2 Å². The molecular weight excluding hydrogens is 278 g/mol. The molecule has 0 saturated carbocycles. The number of carbonyl (C=O) groups is 1. The van der Waals surface area contributed by atoms with Crippen molar-refractivity contribution in [1.82, 2.24) is 9.88 Å². The topological polar surface area (TPSA) is 54.3 Å². The molecule has 0 aliphatic rings. The number of pyridine rings is 1. The molecule has 0 radical (unpaired) electrons. The first kappa shape index (κ1) is 15.8. The summed E-state index contributed by atoms with van der Waals surface area (Å²) in [6, 6.07) is 13.1. The zero-order valence-electron chi connectivity index (χ0n) is 13.1. The summed E-state index contributed by atoms with van der Waals surface area (Å²) in [5.41, 5.74) is 1.29. The predicted molar refractivity (Wildman–Crippen MR) is 88.3 cm³/mol. The quantitative estimate of drug-likeness (QED) is 0.913. The van der Waals surface area contributed by atoms with E-state index in [4.69, 9.17) is 0 Å². The molecule has 1 aromatic heterocycles. The fraction of sp³-hybridized carbons (Fsp3) is 0.294. The van der Waals surface area contributed by atoms with Crippen molar-refractivity contribution in [3.8, 4) is 0 Å². The fourth-order valence-corrected chi connectivity index (χ4v) is 2.09. The van der Waals surface area contributed by atoms with E-state index in [-0.39, 0.29) is 17.5 Å². The maximum Gasteiger partial charge on any atom is 0.251 e. The first-order chi connectivity index (χ1) is 10.5. The zero-order chi connectivity index (χ0) is 16.1. The molecule has 22 heavy (non-hydrogen) atoms. The molecule has 2 rings (SSSR count). The van der Waals surface area contributed by atoms with Crippen LogP contribution in [0.3, 0.4) is 0 Å². The number of anilines is 1. The number of nitrogens with zero attached hydrogens (tertiary/aromatic N) is 2. The number of hydrogen-bond donors (Lipinski definition) is 1. The number of nitrogens with one attached hydrogen (secondary N) is 1. The normalized spacial score (nSPS) is 11.8. The third-order valence-corrected chi connectivity index (χ3v) is 3.75. The van der Waals surface area contributed by atoms with E-state index in [1.165, 1.54) is 10.6 Å². The van der Waals surface area contributed by atoms with Gasteiger partial charge in [0, 0.05) is 50.2 Å². The second kappa shape index (κ2) is 6.93. The van der Waals surface area contributed by atoms with Crippen molar-refractivity contribution in [2.24, 2.45) is 7.05 Å². The molecular formula is C17H21N3O2. The second-order valence-electron chi connectivity index (χ2n) is 5.37.